The Bertz CT molecular complexity index is 649. The molecule has 17 heavy (non-hydrogen) atoms. The standard InChI is InChI=1S/C13H10N2OS/c1-17-13-15-11-7-9(4-5-12(11)16-13)10-3-2-6-14-8-10/h2-8H,1H3. The van der Waals surface area contributed by atoms with Gasteiger partial charge in [0.05, 0.1) is 0 Å². The molecule has 0 unspecified atom stereocenters. The number of rotatable bonds is 2. The van der Waals surface area contributed by atoms with Gasteiger partial charge in [-0.15, -0.1) is 0 Å². The van der Waals surface area contributed by atoms with Crippen molar-refractivity contribution in [3.8, 4) is 11.1 Å². The summed E-state index contributed by atoms with van der Waals surface area (Å²) in [5.41, 5.74) is 3.90. The Labute approximate surface area is 103 Å². The summed E-state index contributed by atoms with van der Waals surface area (Å²) in [5.74, 6) is 0. The van der Waals surface area contributed by atoms with Gasteiger partial charge in [0.2, 0.25) is 0 Å². The molecule has 0 fully saturated rings. The van der Waals surface area contributed by atoms with Crippen molar-refractivity contribution in [1.29, 1.82) is 0 Å². The van der Waals surface area contributed by atoms with Crippen molar-refractivity contribution in [3.63, 3.8) is 0 Å². The van der Waals surface area contributed by atoms with E-state index in [0.717, 1.165) is 22.2 Å². The number of hydrogen-bond acceptors (Lipinski definition) is 4. The molecule has 0 aliphatic rings. The molecule has 0 saturated carbocycles. The third kappa shape index (κ3) is 1.91. The van der Waals surface area contributed by atoms with E-state index in [2.05, 4.69) is 9.97 Å². The van der Waals surface area contributed by atoms with Gasteiger partial charge in [0.25, 0.3) is 5.22 Å². The first-order valence-corrected chi connectivity index (χ1v) is 6.44. The summed E-state index contributed by atoms with van der Waals surface area (Å²) in [4.78, 5) is 8.51. The topological polar surface area (TPSA) is 38.9 Å². The fourth-order valence-corrected chi connectivity index (χ4v) is 2.07. The summed E-state index contributed by atoms with van der Waals surface area (Å²) in [7, 11) is 0. The maximum Gasteiger partial charge on any atom is 0.256 e. The van der Waals surface area contributed by atoms with Crippen LogP contribution in [0.5, 0.6) is 0 Å². The highest BCUT2D eigenvalue weighted by molar-refractivity contribution is 7.98. The first-order valence-electron chi connectivity index (χ1n) is 5.22. The van der Waals surface area contributed by atoms with E-state index in [9.17, 15) is 0 Å². The molecule has 0 atom stereocenters. The Morgan fingerprint density at radius 1 is 1.18 bits per heavy atom. The third-order valence-corrected chi connectivity index (χ3v) is 3.06. The lowest BCUT2D eigenvalue weighted by Gasteiger charge is -1.99. The highest BCUT2D eigenvalue weighted by Gasteiger charge is 2.06. The quantitative estimate of drug-likeness (QED) is 0.643. The van der Waals surface area contributed by atoms with Gasteiger partial charge in [-0.1, -0.05) is 23.9 Å². The molecule has 4 heteroatoms. The predicted octanol–water partition coefficient (Wildman–Crippen LogP) is 3.61. The number of benzene rings is 1. The predicted molar refractivity (Wildman–Crippen MR) is 69.0 cm³/mol. The van der Waals surface area contributed by atoms with Crippen LogP contribution in [0.15, 0.2) is 52.4 Å². The lowest BCUT2D eigenvalue weighted by Crippen LogP contribution is -1.79. The van der Waals surface area contributed by atoms with Gasteiger partial charge in [-0.2, -0.15) is 0 Å². The fourth-order valence-electron chi connectivity index (χ4n) is 1.71. The molecule has 0 saturated heterocycles. The second kappa shape index (κ2) is 4.22. The number of oxazole rings is 1. The maximum atomic E-state index is 5.54. The molecule has 1 aromatic carbocycles. The van der Waals surface area contributed by atoms with Gasteiger partial charge in [-0.25, -0.2) is 4.98 Å². The summed E-state index contributed by atoms with van der Waals surface area (Å²) < 4.78 is 5.54. The van der Waals surface area contributed by atoms with E-state index >= 15 is 0 Å². The normalized spacial score (nSPS) is 10.9. The van der Waals surface area contributed by atoms with Crippen molar-refractivity contribution in [2.24, 2.45) is 0 Å². The zero-order chi connectivity index (χ0) is 11.7. The summed E-state index contributed by atoms with van der Waals surface area (Å²) in [6.07, 6.45) is 5.56. The van der Waals surface area contributed by atoms with E-state index in [1.54, 1.807) is 6.20 Å². The lowest BCUT2D eigenvalue weighted by molar-refractivity contribution is 0.490. The first kappa shape index (κ1) is 10.4. The van der Waals surface area contributed by atoms with Crippen LogP contribution < -0.4 is 0 Å². The Morgan fingerprint density at radius 3 is 2.88 bits per heavy atom. The summed E-state index contributed by atoms with van der Waals surface area (Å²) >= 11 is 1.51. The maximum absolute atomic E-state index is 5.54. The van der Waals surface area contributed by atoms with E-state index in [-0.39, 0.29) is 0 Å². The summed E-state index contributed by atoms with van der Waals surface area (Å²) in [6, 6.07) is 9.95. The van der Waals surface area contributed by atoms with Crippen molar-refractivity contribution in [2.45, 2.75) is 5.22 Å². The van der Waals surface area contributed by atoms with Crippen LogP contribution in [0.3, 0.4) is 0 Å². The molecular formula is C13H10N2OS. The molecule has 3 rings (SSSR count). The minimum atomic E-state index is 0.698. The minimum Gasteiger partial charge on any atom is -0.431 e. The van der Waals surface area contributed by atoms with Crippen LogP contribution >= 0.6 is 11.8 Å². The average molecular weight is 242 g/mol. The van der Waals surface area contributed by atoms with Crippen LogP contribution in [0, 0.1) is 0 Å². The van der Waals surface area contributed by atoms with Crippen LogP contribution in [0.25, 0.3) is 22.2 Å². The van der Waals surface area contributed by atoms with Gasteiger partial charge in [-0.05, 0) is 30.0 Å². The van der Waals surface area contributed by atoms with Gasteiger partial charge in [0.1, 0.15) is 5.52 Å². The molecule has 0 radical (unpaired) electrons. The molecule has 3 nitrogen and oxygen atoms in total. The molecule has 84 valence electrons. The molecule has 2 aromatic heterocycles. The van der Waals surface area contributed by atoms with E-state index in [0.29, 0.717) is 5.22 Å². The molecule has 0 N–H and O–H groups in total. The molecule has 0 aliphatic carbocycles. The van der Waals surface area contributed by atoms with E-state index in [1.807, 2.05) is 42.8 Å². The Kier molecular flexibility index (Phi) is 2.57. The van der Waals surface area contributed by atoms with Crippen LogP contribution in [0.2, 0.25) is 0 Å². The third-order valence-electron chi connectivity index (χ3n) is 2.54. The Balaban J connectivity index is 2.13. The largest absolute Gasteiger partial charge is 0.431 e. The molecular weight excluding hydrogens is 232 g/mol. The zero-order valence-corrected chi connectivity index (χ0v) is 10.1. The molecule has 0 aliphatic heterocycles. The zero-order valence-electron chi connectivity index (χ0n) is 9.25. The van der Waals surface area contributed by atoms with Crippen LogP contribution in [0.1, 0.15) is 0 Å². The number of nitrogens with zero attached hydrogens (tertiary/aromatic N) is 2. The SMILES string of the molecule is CSc1nc2cc(-c3cccnc3)ccc2o1. The van der Waals surface area contributed by atoms with Gasteiger partial charge in [-0.3, -0.25) is 4.98 Å². The Hall–Kier alpha value is -1.81. The van der Waals surface area contributed by atoms with Gasteiger partial charge in [0.15, 0.2) is 5.58 Å². The molecule has 0 amide bonds. The van der Waals surface area contributed by atoms with Crippen molar-refractivity contribution in [1.82, 2.24) is 9.97 Å². The number of aromatic nitrogens is 2. The highest BCUT2D eigenvalue weighted by Crippen LogP contribution is 2.26. The number of pyridine rings is 1. The molecule has 2 heterocycles. The van der Waals surface area contributed by atoms with Gasteiger partial charge >= 0.3 is 0 Å². The van der Waals surface area contributed by atoms with Crippen molar-refractivity contribution in [3.05, 3.63) is 42.7 Å². The first-order chi connectivity index (χ1) is 8.36. The summed E-state index contributed by atoms with van der Waals surface area (Å²) in [5, 5.41) is 0.698. The molecule has 0 bridgehead atoms. The minimum absolute atomic E-state index is 0.698. The van der Waals surface area contributed by atoms with Crippen molar-refractivity contribution >= 4 is 22.9 Å². The van der Waals surface area contributed by atoms with Crippen molar-refractivity contribution in [2.75, 3.05) is 6.26 Å². The second-order valence-corrected chi connectivity index (χ2v) is 4.37. The number of hydrogen-bond donors (Lipinski definition) is 0. The fraction of sp³-hybridized carbons (Fsp3) is 0.0769. The van der Waals surface area contributed by atoms with Crippen LogP contribution in [-0.4, -0.2) is 16.2 Å². The van der Waals surface area contributed by atoms with Crippen LogP contribution in [0.4, 0.5) is 0 Å². The highest BCUT2D eigenvalue weighted by atomic mass is 32.2. The smallest absolute Gasteiger partial charge is 0.256 e. The Morgan fingerprint density at radius 2 is 2.12 bits per heavy atom. The monoisotopic (exact) mass is 242 g/mol. The molecule has 0 spiro atoms. The average Bonchev–Trinajstić information content (AvgIpc) is 2.81. The number of fused-ring (bicyclic) bond motifs is 1. The van der Waals surface area contributed by atoms with Gasteiger partial charge < -0.3 is 4.42 Å². The van der Waals surface area contributed by atoms with Crippen LogP contribution in [-0.2, 0) is 0 Å². The van der Waals surface area contributed by atoms with Gasteiger partial charge in [0, 0.05) is 18.0 Å². The summed E-state index contributed by atoms with van der Waals surface area (Å²) in [6.45, 7) is 0. The van der Waals surface area contributed by atoms with E-state index in [4.69, 9.17) is 4.42 Å². The number of thioether (sulfide) groups is 1. The second-order valence-electron chi connectivity index (χ2n) is 3.61. The van der Waals surface area contributed by atoms with E-state index in [1.165, 1.54) is 11.8 Å². The van der Waals surface area contributed by atoms with E-state index < -0.39 is 0 Å². The lowest BCUT2D eigenvalue weighted by atomic mass is 10.1. The van der Waals surface area contributed by atoms with Crippen molar-refractivity contribution < 1.29 is 4.42 Å². The molecule has 3 aromatic rings.